The summed E-state index contributed by atoms with van der Waals surface area (Å²) in [5.41, 5.74) is 0. The van der Waals surface area contributed by atoms with Gasteiger partial charge in [0.25, 0.3) is 0 Å². The molecule has 2 saturated carbocycles. The van der Waals surface area contributed by atoms with Gasteiger partial charge in [0.1, 0.15) is 0 Å². The maximum Gasteiger partial charge on any atom is -0.0334 e. The van der Waals surface area contributed by atoms with E-state index in [2.05, 4.69) is 20.8 Å². The Morgan fingerprint density at radius 2 is 1.29 bits per heavy atom. The molecule has 0 heterocycles. The second-order valence-corrected chi connectivity index (χ2v) is 7.20. The Hall–Kier alpha value is 0. The highest BCUT2D eigenvalue weighted by molar-refractivity contribution is 4.84. The fourth-order valence-corrected chi connectivity index (χ4v) is 4.81. The summed E-state index contributed by atoms with van der Waals surface area (Å²) in [6.07, 6.45) is 13.5. The van der Waals surface area contributed by atoms with Crippen molar-refractivity contribution in [2.24, 2.45) is 29.6 Å². The highest BCUT2D eigenvalue weighted by atomic mass is 14.4. The van der Waals surface area contributed by atoms with Gasteiger partial charge in [-0.2, -0.15) is 0 Å². The van der Waals surface area contributed by atoms with Gasteiger partial charge in [0.2, 0.25) is 0 Å². The zero-order valence-corrected chi connectivity index (χ0v) is 12.3. The van der Waals surface area contributed by atoms with E-state index in [0.717, 1.165) is 29.6 Å². The van der Waals surface area contributed by atoms with Crippen molar-refractivity contribution in [2.45, 2.75) is 78.6 Å². The molecule has 0 aliphatic heterocycles. The Kier molecular flexibility index (Phi) is 4.94. The molecule has 0 aromatic heterocycles. The molecule has 2 rings (SSSR count). The summed E-state index contributed by atoms with van der Waals surface area (Å²) < 4.78 is 0. The molecular weight excluding hydrogens is 204 g/mol. The van der Waals surface area contributed by atoms with Crippen LogP contribution in [0.4, 0.5) is 0 Å². The summed E-state index contributed by atoms with van der Waals surface area (Å²) in [6, 6.07) is 0. The van der Waals surface area contributed by atoms with Gasteiger partial charge in [0.15, 0.2) is 0 Å². The van der Waals surface area contributed by atoms with Crippen LogP contribution < -0.4 is 0 Å². The van der Waals surface area contributed by atoms with Gasteiger partial charge in [-0.25, -0.2) is 0 Å². The molecule has 0 N–H and O–H groups in total. The van der Waals surface area contributed by atoms with Crippen LogP contribution in [0.3, 0.4) is 0 Å². The predicted molar refractivity (Wildman–Crippen MR) is 76.0 cm³/mol. The van der Waals surface area contributed by atoms with Crippen molar-refractivity contribution in [3.8, 4) is 0 Å². The summed E-state index contributed by atoms with van der Waals surface area (Å²) >= 11 is 0. The van der Waals surface area contributed by atoms with Crippen molar-refractivity contribution in [1.29, 1.82) is 0 Å². The van der Waals surface area contributed by atoms with E-state index in [4.69, 9.17) is 0 Å². The minimum absolute atomic E-state index is 0.988. The van der Waals surface area contributed by atoms with Crippen molar-refractivity contribution in [2.75, 3.05) is 0 Å². The molecule has 0 nitrogen and oxygen atoms in total. The Morgan fingerprint density at radius 3 is 2.00 bits per heavy atom. The third-order valence-corrected chi connectivity index (χ3v) is 5.65. The third kappa shape index (κ3) is 3.48. The molecule has 100 valence electrons. The van der Waals surface area contributed by atoms with E-state index in [1.807, 2.05) is 0 Å². The van der Waals surface area contributed by atoms with Crippen molar-refractivity contribution in [1.82, 2.24) is 0 Å². The molecule has 2 aliphatic rings. The van der Waals surface area contributed by atoms with Crippen LogP contribution in [0, 0.1) is 29.6 Å². The topological polar surface area (TPSA) is 0 Å². The summed E-state index contributed by atoms with van der Waals surface area (Å²) in [4.78, 5) is 0. The molecule has 0 spiro atoms. The van der Waals surface area contributed by atoms with Gasteiger partial charge in [-0.1, -0.05) is 72.1 Å². The molecule has 0 heteroatoms. The summed E-state index contributed by atoms with van der Waals surface area (Å²) in [5.74, 6) is 5.08. The van der Waals surface area contributed by atoms with E-state index in [1.165, 1.54) is 57.8 Å². The fourth-order valence-electron chi connectivity index (χ4n) is 4.81. The molecule has 0 bridgehead atoms. The number of hydrogen-bond acceptors (Lipinski definition) is 0. The first-order valence-corrected chi connectivity index (χ1v) is 8.18. The quantitative estimate of drug-likeness (QED) is 0.550. The molecule has 2 fully saturated rings. The average molecular weight is 236 g/mol. The average Bonchev–Trinajstić information content (AvgIpc) is 2.24. The van der Waals surface area contributed by atoms with Gasteiger partial charge < -0.3 is 0 Å². The molecule has 0 radical (unpaired) electrons. The smallest absolute Gasteiger partial charge is 0.0334 e. The highest BCUT2D eigenvalue weighted by Crippen LogP contribution is 2.44. The van der Waals surface area contributed by atoms with Crippen LogP contribution in [-0.2, 0) is 0 Å². The second-order valence-electron chi connectivity index (χ2n) is 7.20. The van der Waals surface area contributed by atoms with E-state index in [1.54, 1.807) is 0 Å². The van der Waals surface area contributed by atoms with Crippen LogP contribution in [0.2, 0.25) is 0 Å². The van der Waals surface area contributed by atoms with Gasteiger partial charge in [0.05, 0.1) is 0 Å². The zero-order chi connectivity index (χ0) is 12.3. The first kappa shape index (κ1) is 13.4. The minimum atomic E-state index is 0.988. The Bertz CT molecular complexity index is 210. The summed E-state index contributed by atoms with van der Waals surface area (Å²) in [5, 5.41) is 0. The van der Waals surface area contributed by atoms with E-state index >= 15 is 0 Å². The molecule has 2 aliphatic carbocycles. The van der Waals surface area contributed by atoms with Crippen molar-refractivity contribution in [3.63, 3.8) is 0 Å². The Morgan fingerprint density at radius 1 is 0.647 bits per heavy atom. The lowest BCUT2D eigenvalue weighted by molar-refractivity contribution is 0.0838. The SMILES string of the molecule is CC1CCCCCC(C2C(C)CCCC2C)C1. The maximum absolute atomic E-state index is 2.53. The van der Waals surface area contributed by atoms with E-state index in [0.29, 0.717) is 0 Å². The third-order valence-electron chi connectivity index (χ3n) is 5.65. The van der Waals surface area contributed by atoms with Gasteiger partial charge in [-0.3, -0.25) is 0 Å². The van der Waals surface area contributed by atoms with Crippen LogP contribution in [-0.4, -0.2) is 0 Å². The standard InChI is InChI=1S/C17H32/c1-13-8-5-4-6-11-16(12-13)17-14(2)9-7-10-15(17)3/h13-17H,4-12H2,1-3H3. The number of hydrogen-bond donors (Lipinski definition) is 0. The molecule has 17 heavy (non-hydrogen) atoms. The Labute approximate surface area is 109 Å². The summed E-state index contributed by atoms with van der Waals surface area (Å²) in [7, 11) is 0. The van der Waals surface area contributed by atoms with Crippen LogP contribution in [0.1, 0.15) is 78.6 Å². The van der Waals surface area contributed by atoms with E-state index < -0.39 is 0 Å². The lowest BCUT2D eigenvalue weighted by Crippen LogP contribution is -2.33. The first-order chi connectivity index (χ1) is 8.18. The molecule has 4 atom stereocenters. The zero-order valence-electron chi connectivity index (χ0n) is 12.3. The van der Waals surface area contributed by atoms with Crippen LogP contribution in [0.25, 0.3) is 0 Å². The first-order valence-electron chi connectivity index (χ1n) is 8.18. The van der Waals surface area contributed by atoms with Crippen molar-refractivity contribution >= 4 is 0 Å². The van der Waals surface area contributed by atoms with Gasteiger partial charge >= 0.3 is 0 Å². The normalized spacial score (nSPS) is 45.0. The molecule has 4 unspecified atom stereocenters. The van der Waals surface area contributed by atoms with Gasteiger partial charge in [-0.15, -0.1) is 0 Å². The predicted octanol–water partition coefficient (Wildman–Crippen LogP) is 5.67. The fraction of sp³-hybridized carbons (Fsp3) is 1.00. The van der Waals surface area contributed by atoms with E-state index in [-0.39, 0.29) is 0 Å². The molecule has 0 saturated heterocycles. The van der Waals surface area contributed by atoms with Crippen LogP contribution in [0.5, 0.6) is 0 Å². The largest absolute Gasteiger partial charge is 0.0625 e. The highest BCUT2D eigenvalue weighted by Gasteiger charge is 2.34. The van der Waals surface area contributed by atoms with Crippen molar-refractivity contribution in [3.05, 3.63) is 0 Å². The van der Waals surface area contributed by atoms with Crippen LogP contribution in [0.15, 0.2) is 0 Å². The van der Waals surface area contributed by atoms with E-state index in [9.17, 15) is 0 Å². The summed E-state index contributed by atoms with van der Waals surface area (Å²) in [6.45, 7) is 7.56. The second kappa shape index (κ2) is 6.25. The lowest BCUT2D eigenvalue weighted by Gasteiger charge is -2.42. The van der Waals surface area contributed by atoms with Gasteiger partial charge in [-0.05, 0) is 36.0 Å². The Balaban J connectivity index is 2.01. The molecule has 0 amide bonds. The maximum atomic E-state index is 2.53. The lowest BCUT2D eigenvalue weighted by atomic mass is 9.64. The molecule has 0 aromatic rings. The van der Waals surface area contributed by atoms with Crippen LogP contribution >= 0.6 is 0 Å². The molecule has 0 aromatic carbocycles. The van der Waals surface area contributed by atoms with Crippen molar-refractivity contribution < 1.29 is 0 Å². The number of rotatable bonds is 1. The minimum Gasteiger partial charge on any atom is -0.0625 e. The molecular formula is C17H32. The van der Waals surface area contributed by atoms with Gasteiger partial charge in [0, 0.05) is 0 Å². The monoisotopic (exact) mass is 236 g/mol.